The van der Waals surface area contributed by atoms with Crippen LogP contribution in [0.5, 0.6) is 0 Å². The highest BCUT2D eigenvalue weighted by molar-refractivity contribution is 5.86. The van der Waals surface area contributed by atoms with Crippen molar-refractivity contribution in [3.63, 3.8) is 0 Å². The molecule has 1 amide bonds. The van der Waals surface area contributed by atoms with Crippen LogP contribution in [0.2, 0.25) is 0 Å². The van der Waals surface area contributed by atoms with Gasteiger partial charge in [0.25, 0.3) is 0 Å². The summed E-state index contributed by atoms with van der Waals surface area (Å²) in [6.45, 7) is 0.738. The lowest BCUT2D eigenvalue weighted by Crippen LogP contribution is -2.55. The van der Waals surface area contributed by atoms with Gasteiger partial charge in [-0.2, -0.15) is 0 Å². The molecule has 2 rings (SSSR count). The van der Waals surface area contributed by atoms with E-state index in [9.17, 15) is 4.79 Å². The highest BCUT2D eigenvalue weighted by atomic mass is 35.5. The third-order valence-corrected chi connectivity index (χ3v) is 4.10. The molecule has 0 heterocycles. The summed E-state index contributed by atoms with van der Waals surface area (Å²) in [4.78, 5) is 14.2. The van der Waals surface area contributed by atoms with Crippen LogP contribution >= 0.6 is 12.4 Å². The fourth-order valence-corrected chi connectivity index (χ4v) is 2.82. The first-order chi connectivity index (χ1) is 9.12. The zero-order valence-electron chi connectivity index (χ0n) is 12.2. The smallest absolute Gasteiger partial charge is 0.242 e. The summed E-state index contributed by atoms with van der Waals surface area (Å²) >= 11 is 0. The molecule has 0 unspecified atom stereocenters. The Bertz CT molecular complexity index is 416. The number of rotatable bonds is 4. The number of carbonyl (C=O) groups excluding carboxylic acids is 1. The Balaban J connectivity index is 0.00000200. The van der Waals surface area contributed by atoms with E-state index < -0.39 is 5.54 Å². The molecule has 112 valence electrons. The van der Waals surface area contributed by atoms with Gasteiger partial charge in [0, 0.05) is 13.6 Å². The van der Waals surface area contributed by atoms with Gasteiger partial charge in [0.05, 0.1) is 5.54 Å². The number of nitrogens with two attached hydrogens (primary N) is 1. The van der Waals surface area contributed by atoms with E-state index in [0.29, 0.717) is 0 Å². The van der Waals surface area contributed by atoms with Gasteiger partial charge in [0.15, 0.2) is 0 Å². The van der Waals surface area contributed by atoms with Crippen LogP contribution in [-0.2, 0) is 11.2 Å². The van der Waals surface area contributed by atoms with Gasteiger partial charge >= 0.3 is 0 Å². The van der Waals surface area contributed by atoms with Crippen molar-refractivity contribution >= 4 is 18.3 Å². The van der Waals surface area contributed by atoms with E-state index in [0.717, 1.165) is 38.6 Å². The lowest BCUT2D eigenvalue weighted by Gasteiger charge is -2.35. The number of likely N-dealkylation sites (N-methyl/N-ethyl adjacent to an activating group) is 1. The molecule has 1 saturated carbocycles. The van der Waals surface area contributed by atoms with Crippen LogP contribution in [0, 0.1) is 0 Å². The van der Waals surface area contributed by atoms with E-state index in [2.05, 4.69) is 12.1 Å². The maximum atomic E-state index is 12.4. The molecule has 0 aromatic heterocycles. The summed E-state index contributed by atoms with van der Waals surface area (Å²) in [5.74, 6) is 0.114. The largest absolute Gasteiger partial charge is 0.344 e. The van der Waals surface area contributed by atoms with Crippen molar-refractivity contribution in [2.75, 3.05) is 13.6 Å². The Morgan fingerprint density at radius 1 is 1.20 bits per heavy atom. The molecule has 4 heteroatoms. The molecule has 1 aromatic rings. The monoisotopic (exact) mass is 296 g/mol. The third-order valence-electron chi connectivity index (χ3n) is 4.10. The highest BCUT2D eigenvalue weighted by Crippen LogP contribution is 2.27. The molecule has 0 radical (unpaired) electrons. The second-order valence-corrected chi connectivity index (χ2v) is 5.68. The quantitative estimate of drug-likeness (QED) is 0.928. The minimum atomic E-state index is -0.607. The van der Waals surface area contributed by atoms with Gasteiger partial charge in [0.2, 0.25) is 5.91 Å². The van der Waals surface area contributed by atoms with Crippen LogP contribution in [0.1, 0.15) is 37.7 Å². The predicted molar refractivity (Wildman–Crippen MR) is 85.0 cm³/mol. The first kappa shape index (κ1) is 17.0. The zero-order valence-corrected chi connectivity index (χ0v) is 13.0. The van der Waals surface area contributed by atoms with Crippen molar-refractivity contribution in [3.05, 3.63) is 35.9 Å². The van der Waals surface area contributed by atoms with Crippen molar-refractivity contribution in [2.24, 2.45) is 5.73 Å². The van der Waals surface area contributed by atoms with Crippen molar-refractivity contribution < 1.29 is 4.79 Å². The van der Waals surface area contributed by atoms with Crippen LogP contribution in [0.4, 0.5) is 0 Å². The van der Waals surface area contributed by atoms with Gasteiger partial charge in [-0.1, -0.05) is 49.6 Å². The minimum Gasteiger partial charge on any atom is -0.344 e. The van der Waals surface area contributed by atoms with Crippen LogP contribution < -0.4 is 5.73 Å². The molecule has 2 N–H and O–H groups in total. The van der Waals surface area contributed by atoms with Gasteiger partial charge in [-0.3, -0.25) is 4.79 Å². The van der Waals surface area contributed by atoms with Gasteiger partial charge in [-0.05, 0) is 24.8 Å². The average molecular weight is 297 g/mol. The van der Waals surface area contributed by atoms with Gasteiger partial charge in [-0.25, -0.2) is 0 Å². The van der Waals surface area contributed by atoms with Crippen molar-refractivity contribution in [3.8, 4) is 0 Å². The summed E-state index contributed by atoms with van der Waals surface area (Å²) in [5.41, 5.74) is 6.93. The normalized spacial score (nSPS) is 17.1. The van der Waals surface area contributed by atoms with Crippen LogP contribution in [0.3, 0.4) is 0 Å². The molecule has 0 spiro atoms. The number of halogens is 1. The topological polar surface area (TPSA) is 46.3 Å². The van der Waals surface area contributed by atoms with Crippen LogP contribution in [0.25, 0.3) is 0 Å². The molecule has 3 nitrogen and oxygen atoms in total. The molecule has 0 saturated heterocycles. The summed E-state index contributed by atoms with van der Waals surface area (Å²) in [6, 6.07) is 10.3. The van der Waals surface area contributed by atoms with Gasteiger partial charge in [-0.15, -0.1) is 12.4 Å². The van der Waals surface area contributed by atoms with Gasteiger partial charge in [0.1, 0.15) is 0 Å². The van der Waals surface area contributed by atoms with Crippen LogP contribution in [0.15, 0.2) is 30.3 Å². The molecular formula is C16H25ClN2O. The SMILES string of the molecule is CN(CCc1ccccc1)C(=O)C1(N)CCCCC1.Cl. The third kappa shape index (κ3) is 4.22. The Labute approximate surface area is 127 Å². The Kier molecular flexibility index (Phi) is 6.50. The Hall–Kier alpha value is -1.06. The van der Waals surface area contributed by atoms with E-state index in [4.69, 9.17) is 5.73 Å². The number of hydrogen-bond donors (Lipinski definition) is 1. The van der Waals surface area contributed by atoms with Crippen molar-refractivity contribution in [1.29, 1.82) is 0 Å². The number of benzene rings is 1. The lowest BCUT2D eigenvalue weighted by atomic mass is 9.81. The fraction of sp³-hybridized carbons (Fsp3) is 0.562. The maximum absolute atomic E-state index is 12.4. The van der Waals surface area contributed by atoms with E-state index in [-0.39, 0.29) is 18.3 Å². The second-order valence-electron chi connectivity index (χ2n) is 5.68. The number of amides is 1. The first-order valence-corrected chi connectivity index (χ1v) is 7.20. The number of nitrogens with zero attached hydrogens (tertiary/aromatic N) is 1. The molecule has 1 aliphatic rings. The molecule has 0 bridgehead atoms. The first-order valence-electron chi connectivity index (χ1n) is 7.20. The van der Waals surface area contributed by atoms with Crippen LogP contribution in [-0.4, -0.2) is 29.9 Å². The number of hydrogen-bond acceptors (Lipinski definition) is 2. The maximum Gasteiger partial charge on any atom is 0.242 e. The standard InChI is InChI=1S/C16H24N2O.ClH/c1-18(13-10-14-8-4-2-5-9-14)15(19)16(17)11-6-3-7-12-16;/h2,4-5,8-9H,3,6-7,10-13,17H2,1H3;1H. The minimum absolute atomic E-state index is 0. The highest BCUT2D eigenvalue weighted by Gasteiger charge is 2.36. The van der Waals surface area contributed by atoms with Crippen molar-refractivity contribution in [1.82, 2.24) is 4.90 Å². The number of carbonyl (C=O) groups is 1. The fourth-order valence-electron chi connectivity index (χ4n) is 2.82. The van der Waals surface area contributed by atoms with E-state index >= 15 is 0 Å². The van der Waals surface area contributed by atoms with E-state index in [1.54, 1.807) is 4.90 Å². The Morgan fingerprint density at radius 2 is 1.80 bits per heavy atom. The average Bonchev–Trinajstić information content (AvgIpc) is 2.46. The summed E-state index contributed by atoms with van der Waals surface area (Å²) in [6.07, 6.45) is 5.92. The molecular weight excluding hydrogens is 272 g/mol. The second kappa shape index (κ2) is 7.65. The molecule has 1 aromatic carbocycles. The summed E-state index contributed by atoms with van der Waals surface area (Å²) in [7, 11) is 1.87. The lowest BCUT2D eigenvalue weighted by molar-refractivity contribution is -0.136. The molecule has 20 heavy (non-hydrogen) atoms. The van der Waals surface area contributed by atoms with Gasteiger partial charge < -0.3 is 10.6 Å². The zero-order chi connectivity index (χ0) is 13.7. The molecule has 1 fully saturated rings. The predicted octanol–water partition coefficient (Wildman–Crippen LogP) is 2.77. The molecule has 1 aliphatic carbocycles. The van der Waals surface area contributed by atoms with Crippen molar-refractivity contribution in [2.45, 2.75) is 44.1 Å². The Morgan fingerprint density at radius 3 is 2.40 bits per heavy atom. The van der Waals surface area contributed by atoms with E-state index in [1.807, 2.05) is 25.2 Å². The summed E-state index contributed by atoms with van der Waals surface area (Å²) in [5, 5.41) is 0. The summed E-state index contributed by atoms with van der Waals surface area (Å²) < 4.78 is 0. The molecule has 0 aliphatic heterocycles. The molecule has 0 atom stereocenters. The van der Waals surface area contributed by atoms with E-state index in [1.165, 1.54) is 12.0 Å².